The fourth-order valence-electron chi connectivity index (χ4n) is 7.00. The van der Waals surface area contributed by atoms with E-state index in [2.05, 4.69) is 19.9 Å². The third kappa shape index (κ3) is 4.14. The molecule has 2 amide bonds. The van der Waals surface area contributed by atoms with Crippen LogP contribution in [0.5, 0.6) is 0 Å². The van der Waals surface area contributed by atoms with Gasteiger partial charge in [-0.05, 0) is 31.6 Å². The minimum Gasteiger partial charge on any atom is -0.465 e. The minimum atomic E-state index is -0.842. The van der Waals surface area contributed by atoms with Crippen molar-refractivity contribution in [1.82, 2.24) is 9.80 Å². The lowest BCUT2D eigenvalue weighted by Crippen LogP contribution is -2.58. The smallest absolute Gasteiger partial charge is 0.311 e. The molecule has 0 aromatic carbocycles. The van der Waals surface area contributed by atoms with Crippen LogP contribution in [-0.4, -0.2) is 80.6 Å². The summed E-state index contributed by atoms with van der Waals surface area (Å²) in [4.78, 5) is 45.5. The van der Waals surface area contributed by atoms with Crippen LogP contribution in [0.2, 0.25) is 0 Å². The van der Waals surface area contributed by atoms with Crippen molar-refractivity contribution < 1.29 is 24.2 Å². The molecule has 1 unspecified atom stereocenters. The highest BCUT2D eigenvalue weighted by Gasteiger charge is 2.71. The summed E-state index contributed by atoms with van der Waals surface area (Å²) >= 11 is 1.58. The normalized spacial score (nSPS) is 36.4. The van der Waals surface area contributed by atoms with E-state index in [1.165, 1.54) is 6.42 Å². The van der Waals surface area contributed by atoms with Crippen LogP contribution >= 0.6 is 11.8 Å². The fraction of sp³-hybridized carbons (Fsp3) is 0.741. The van der Waals surface area contributed by atoms with Gasteiger partial charge in [0, 0.05) is 17.8 Å². The largest absolute Gasteiger partial charge is 0.465 e. The summed E-state index contributed by atoms with van der Waals surface area (Å²) in [5, 5.41) is 10.2. The maximum Gasteiger partial charge on any atom is 0.311 e. The molecule has 3 fully saturated rings. The number of carbonyl (C=O) groups is 3. The standard InChI is InChI=1S/C27H38N2O5S/c1-17(2)15-19(16-30)29-23-25(32)28(18-9-4-3-5-10-18)13-8-12-27(23)22(24(29)31)21-20(35-27)11-6-7-14-34-26(21)33/h6,8,11-12,17-23,30H,3-5,7,9-10,13-16H2,1-2H3/t19-,20+,21-,22+,23?,27+/m1/s1. The van der Waals surface area contributed by atoms with Crippen LogP contribution in [0.25, 0.3) is 0 Å². The molecule has 1 N–H and O–H groups in total. The van der Waals surface area contributed by atoms with Gasteiger partial charge in [0.2, 0.25) is 11.8 Å². The topological polar surface area (TPSA) is 87.2 Å². The molecule has 4 aliphatic heterocycles. The summed E-state index contributed by atoms with van der Waals surface area (Å²) in [6, 6.07) is -1.01. The van der Waals surface area contributed by atoms with E-state index < -0.39 is 28.7 Å². The predicted molar refractivity (Wildman–Crippen MR) is 134 cm³/mol. The lowest BCUT2D eigenvalue weighted by Gasteiger charge is -2.41. The Kier molecular flexibility index (Phi) is 7.05. The zero-order valence-corrected chi connectivity index (χ0v) is 21.6. The second-order valence-corrected chi connectivity index (χ2v) is 12.6. The summed E-state index contributed by atoms with van der Waals surface area (Å²) in [5.41, 5.74) is 0. The zero-order valence-electron chi connectivity index (χ0n) is 20.8. The monoisotopic (exact) mass is 502 g/mol. The highest BCUT2D eigenvalue weighted by molar-refractivity contribution is 8.02. The molecule has 192 valence electrons. The lowest BCUT2D eigenvalue weighted by molar-refractivity contribution is -0.154. The molecule has 1 saturated carbocycles. The number of carbonyl (C=O) groups excluding carboxylic acids is 3. The second-order valence-electron chi connectivity index (χ2n) is 11.1. The summed E-state index contributed by atoms with van der Waals surface area (Å²) in [6.45, 7) is 4.75. The average molecular weight is 503 g/mol. The molecule has 1 aliphatic carbocycles. The van der Waals surface area contributed by atoms with Gasteiger partial charge in [0.05, 0.1) is 35.8 Å². The van der Waals surface area contributed by atoms with Crippen LogP contribution in [0, 0.1) is 17.8 Å². The highest BCUT2D eigenvalue weighted by Crippen LogP contribution is 2.61. The number of fused-ring (bicyclic) bond motifs is 2. The van der Waals surface area contributed by atoms with Crippen molar-refractivity contribution in [3.63, 3.8) is 0 Å². The predicted octanol–water partition coefficient (Wildman–Crippen LogP) is 2.93. The van der Waals surface area contributed by atoms with Gasteiger partial charge in [-0.25, -0.2) is 0 Å². The van der Waals surface area contributed by atoms with Crippen LogP contribution in [0.15, 0.2) is 24.3 Å². The van der Waals surface area contributed by atoms with Crippen LogP contribution < -0.4 is 0 Å². The van der Waals surface area contributed by atoms with Gasteiger partial charge >= 0.3 is 5.97 Å². The van der Waals surface area contributed by atoms with Crippen molar-refractivity contribution >= 4 is 29.5 Å². The van der Waals surface area contributed by atoms with Crippen molar-refractivity contribution in [3.05, 3.63) is 24.3 Å². The molecule has 35 heavy (non-hydrogen) atoms. The fourth-order valence-corrected chi connectivity index (χ4v) is 8.99. The molecule has 2 saturated heterocycles. The van der Waals surface area contributed by atoms with E-state index in [1.807, 2.05) is 23.1 Å². The molecule has 0 aromatic heterocycles. The molecule has 5 rings (SSSR count). The van der Waals surface area contributed by atoms with Gasteiger partial charge in [-0.2, -0.15) is 0 Å². The van der Waals surface area contributed by atoms with Gasteiger partial charge in [0.1, 0.15) is 6.04 Å². The van der Waals surface area contributed by atoms with Gasteiger partial charge in [-0.1, -0.05) is 57.4 Å². The SMILES string of the molecule is CC(C)C[C@H](CO)N1C(=O)[C@@H]2[C@@H]3C(=O)OCCC=C[C@@H]3S[C@@]23C=CCN(C2CCCCC2)C(=O)C13. The van der Waals surface area contributed by atoms with E-state index in [9.17, 15) is 19.5 Å². The van der Waals surface area contributed by atoms with Crippen LogP contribution in [0.4, 0.5) is 0 Å². The number of cyclic esters (lactones) is 1. The Balaban J connectivity index is 1.60. The van der Waals surface area contributed by atoms with E-state index in [1.54, 1.807) is 16.7 Å². The minimum absolute atomic E-state index is 0.0286. The molecule has 0 radical (unpaired) electrons. The Bertz CT molecular complexity index is 913. The van der Waals surface area contributed by atoms with Crippen molar-refractivity contribution in [1.29, 1.82) is 0 Å². The second kappa shape index (κ2) is 9.92. The number of rotatable bonds is 5. The zero-order chi connectivity index (χ0) is 24.7. The quantitative estimate of drug-likeness (QED) is 0.460. The number of esters is 1. The van der Waals surface area contributed by atoms with E-state index in [0.717, 1.165) is 25.7 Å². The van der Waals surface area contributed by atoms with Gasteiger partial charge in [-0.3, -0.25) is 14.4 Å². The van der Waals surface area contributed by atoms with Crippen molar-refractivity contribution in [2.45, 2.75) is 86.9 Å². The van der Waals surface area contributed by atoms with Gasteiger partial charge < -0.3 is 19.6 Å². The number of hydrogen-bond donors (Lipinski definition) is 1. The average Bonchev–Trinajstić information content (AvgIpc) is 3.22. The number of amides is 2. The number of aliphatic hydroxyl groups excluding tert-OH is 1. The molecular weight excluding hydrogens is 464 g/mol. The summed E-state index contributed by atoms with van der Waals surface area (Å²) < 4.78 is 4.71. The van der Waals surface area contributed by atoms with Crippen LogP contribution in [0.3, 0.4) is 0 Å². The summed E-state index contributed by atoms with van der Waals surface area (Å²) in [6.07, 6.45) is 14.8. The molecule has 5 aliphatic rings. The Morgan fingerprint density at radius 2 is 1.91 bits per heavy atom. The molecule has 0 aromatic rings. The molecule has 6 atom stereocenters. The van der Waals surface area contributed by atoms with Gasteiger partial charge in [0.15, 0.2) is 0 Å². The number of likely N-dealkylation sites (tertiary alicyclic amines) is 1. The number of hydrogen-bond acceptors (Lipinski definition) is 6. The summed E-state index contributed by atoms with van der Waals surface area (Å²) in [7, 11) is 0. The first-order valence-electron chi connectivity index (χ1n) is 13.3. The van der Waals surface area contributed by atoms with E-state index in [4.69, 9.17) is 4.74 Å². The Morgan fingerprint density at radius 1 is 1.14 bits per heavy atom. The molecule has 0 bridgehead atoms. The maximum absolute atomic E-state index is 14.4. The van der Waals surface area contributed by atoms with Gasteiger partial charge in [-0.15, -0.1) is 11.8 Å². The Morgan fingerprint density at radius 3 is 2.63 bits per heavy atom. The number of aliphatic hydroxyl groups is 1. The number of nitrogens with zero attached hydrogens (tertiary/aromatic N) is 2. The molecule has 1 spiro atoms. The van der Waals surface area contributed by atoms with E-state index >= 15 is 0 Å². The van der Waals surface area contributed by atoms with Crippen LogP contribution in [-0.2, 0) is 19.1 Å². The van der Waals surface area contributed by atoms with E-state index in [-0.39, 0.29) is 41.6 Å². The Labute approximate surface area is 212 Å². The third-order valence-corrected chi connectivity index (χ3v) is 10.2. The first kappa shape index (κ1) is 24.9. The summed E-state index contributed by atoms with van der Waals surface area (Å²) in [5.74, 6) is -1.62. The number of thioether (sulfide) groups is 1. The van der Waals surface area contributed by atoms with Crippen LogP contribution in [0.1, 0.15) is 58.8 Å². The first-order valence-corrected chi connectivity index (χ1v) is 14.2. The van der Waals surface area contributed by atoms with E-state index in [0.29, 0.717) is 26.0 Å². The lowest BCUT2D eigenvalue weighted by atomic mass is 9.78. The third-order valence-electron chi connectivity index (χ3n) is 8.45. The first-order chi connectivity index (χ1) is 16.9. The van der Waals surface area contributed by atoms with Crippen molar-refractivity contribution in [3.8, 4) is 0 Å². The van der Waals surface area contributed by atoms with Crippen molar-refractivity contribution in [2.24, 2.45) is 17.8 Å². The van der Waals surface area contributed by atoms with Crippen molar-refractivity contribution in [2.75, 3.05) is 19.8 Å². The molecule has 7 nitrogen and oxygen atoms in total. The maximum atomic E-state index is 14.4. The Hall–Kier alpha value is -1.80. The highest BCUT2D eigenvalue weighted by atomic mass is 32.2. The van der Waals surface area contributed by atoms with Gasteiger partial charge in [0.25, 0.3) is 0 Å². The molecule has 8 heteroatoms. The molecule has 4 heterocycles. The molecular formula is C27H38N2O5S. The number of ether oxygens (including phenoxy) is 1.